The maximum atomic E-state index is 12.4. The first kappa shape index (κ1) is 14.7. The number of thiophene rings is 1. The van der Waals surface area contributed by atoms with Crippen molar-refractivity contribution in [1.82, 2.24) is 4.72 Å². The molecule has 2 aliphatic rings. The van der Waals surface area contributed by atoms with Gasteiger partial charge in [-0.3, -0.25) is 10.1 Å². The molecule has 9 heteroatoms. The third-order valence-corrected chi connectivity index (χ3v) is 7.53. The smallest absolute Gasteiger partial charge is 0.304 e. The van der Waals surface area contributed by atoms with Gasteiger partial charge < -0.3 is 5.32 Å². The van der Waals surface area contributed by atoms with Gasteiger partial charge in [-0.25, -0.2) is 13.1 Å². The van der Waals surface area contributed by atoms with Crippen molar-refractivity contribution in [2.45, 2.75) is 35.9 Å². The third-order valence-electron chi connectivity index (χ3n) is 4.42. The van der Waals surface area contributed by atoms with Crippen LogP contribution in [0.4, 0.5) is 10.7 Å². The molecule has 0 radical (unpaired) electrons. The molecular weight excluding hydrogens is 314 g/mol. The second-order valence-electron chi connectivity index (χ2n) is 5.69. The average molecular weight is 331 g/mol. The van der Waals surface area contributed by atoms with Gasteiger partial charge in [0.1, 0.15) is 4.21 Å². The molecule has 0 aliphatic heterocycles. The summed E-state index contributed by atoms with van der Waals surface area (Å²) in [6.45, 7) is 0. The lowest BCUT2D eigenvalue weighted by Crippen LogP contribution is -2.38. The number of nitrogens with one attached hydrogen (secondary N) is 2. The Morgan fingerprint density at radius 2 is 2.14 bits per heavy atom. The van der Waals surface area contributed by atoms with Crippen LogP contribution in [0.15, 0.2) is 10.3 Å². The first-order valence-electron chi connectivity index (χ1n) is 6.89. The fraction of sp³-hybridized carbons (Fsp3) is 0.667. The molecule has 21 heavy (non-hydrogen) atoms. The number of nitro groups is 1. The minimum absolute atomic E-state index is 0.00123. The largest absolute Gasteiger partial charge is 0.374 e. The molecule has 2 bridgehead atoms. The van der Waals surface area contributed by atoms with Crippen molar-refractivity contribution in [3.63, 3.8) is 0 Å². The molecule has 1 aromatic rings. The van der Waals surface area contributed by atoms with Gasteiger partial charge in [-0.2, -0.15) is 0 Å². The van der Waals surface area contributed by atoms with E-state index in [-0.39, 0.29) is 20.9 Å². The number of hydrogen-bond donors (Lipinski definition) is 2. The number of rotatable bonds is 5. The fourth-order valence-electron chi connectivity index (χ4n) is 3.45. The van der Waals surface area contributed by atoms with Crippen LogP contribution in [0.2, 0.25) is 0 Å². The van der Waals surface area contributed by atoms with Gasteiger partial charge >= 0.3 is 5.69 Å². The van der Waals surface area contributed by atoms with Gasteiger partial charge in [-0.15, -0.1) is 0 Å². The quantitative estimate of drug-likeness (QED) is 0.636. The highest BCUT2D eigenvalue weighted by Gasteiger charge is 2.41. The lowest BCUT2D eigenvalue weighted by molar-refractivity contribution is -0.383. The predicted octanol–water partition coefficient (Wildman–Crippen LogP) is 2.16. The van der Waals surface area contributed by atoms with Gasteiger partial charge in [-0.1, -0.05) is 17.8 Å². The summed E-state index contributed by atoms with van der Waals surface area (Å²) >= 11 is 0.895. The van der Waals surface area contributed by atoms with Crippen molar-refractivity contribution in [2.75, 3.05) is 12.4 Å². The van der Waals surface area contributed by atoms with Gasteiger partial charge in [0.05, 0.1) is 4.92 Å². The van der Waals surface area contributed by atoms with E-state index >= 15 is 0 Å². The number of fused-ring (bicyclic) bond motifs is 2. The molecule has 0 saturated heterocycles. The van der Waals surface area contributed by atoms with Crippen molar-refractivity contribution < 1.29 is 13.3 Å². The highest BCUT2D eigenvalue weighted by atomic mass is 32.2. The van der Waals surface area contributed by atoms with E-state index in [1.807, 2.05) is 0 Å². The maximum absolute atomic E-state index is 12.4. The zero-order chi connectivity index (χ0) is 15.2. The molecule has 2 saturated carbocycles. The molecule has 3 rings (SSSR count). The van der Waals surface area contributed by atoms with Crippen LogP contribution < -0.4 is 10.0 Å². The van der Waals surface area contributed by atoms with Crippen molar-refractivity contribution in [1.29, 1.82) is 0 Å². The fourth-order valence-corrected chi connectivity index (χ4v) is 6.07. The van der Waals surface area contributed by atoms with E-state index in [2.05, 4.69) is 10.0 Å². The number of hydrogen-bond acceptors (Lipinski definition) is 6. The molecule has 0 aromatic carbocycles. The summed E-state index contributed by atoms with van der Waals surface area (Å²) in [6, 6.07) is 1.11. The monoisotopic (exact) mass is 331 g/mol. The van der Waals surface area contributed by atoms with Crippen LogP contribution in [-0.4, -0.2) is 26.4 Å². The number of anilines is 1. The standard InChI is InChI=1S/C12H17N3O4S2/c1-13-12-10(15(16)17)6-11(20-12)21(18,19)14-9-5-7-2-3-8(9)4-7/h6-9,13-14H,2-5H2,1H3. The Balaban J connectivity index is 1.83. The summed E-state index contributed by atoms with van der Waals surface area (Å²) in [4.78, 5) is 10.4. The summed E-state index contributed by atoms with van der Waals surface area (Å²) in [5.41, 5.74) is -0.198. The lowest BCUT2D eigenvalue weighted by Gasteiger charge is -2.22. The van der Waals surface area contributed by atoms with E-state index in [1.54, 1.807) is 7.05 Å². The Hall–Kier alpha value is -1.19. The summed E-state index contributed by atoms with van der Waals surface area (Å²) in [6.07, 6.45) is 4.25. The van der Waals surface area contributed by atoms with E-state index in [0.717, 1.165) is 36.7 Å². The lowest BCUT2D eigenvalue weighted by atomic mass is 9.96. The van der Waals surface area contributed by atoms with E-state index in [0.29, 0.717) is 11.8 Å². The molecular formula is C12H17N3O4S2. The van der Waals surface area contributed by atoms with Crippen LogP contribution in [0.25, 0.3) is 0 Å². The third kappa shape index (κ3) is 2.65. The SMILES string of the molecule is CNc1sc(S(=O)(=O)NC2CC3CCC2C3)cc1[N+](=O)[O-]. The Morgan fingerprint density at radius 3 is 2.62 bits per heavy atom. The molecule has 3 atom stereocenters. The molecule has 2 fully saturated rings. The first-order chi connectivity index (χ1) is 9.90. The first-order valence-corrected chi connectivity index (χ1v) is 9.19. The van der Waals surface area contributed by atoms with Crippen LogP contribution in [0.3, 0.4) is 0 Å². The number of nitrogens with zero attached hydrogens (tertiary/aromatic N) is 1. The molecule has 7 nitrogen and oxygen atoms in total. The topological polar surface area (TPSA) is 101 Å². The molecule has 2 N–H and O–H groups in total. The predicted molar refractivity (Wildman–Crippen MR) is 80.1 cm³/mol. The second-order valence-corrected chi connectivity index (χ2v) is 8.68. The highest BCUT2D eigenvalue weighted by molar-refractivity contribution is 7.91. The Kier molecular flexibility index (Phi) is 3.66. The molecule has 3 unspecified atom stereocenters. The number of sulfonamides is 1. The van der Waals surface area contributed by atoms with E-state index < -0.39 is 14.9 Å². The molecule has 1 heterocycles. The second kappa shape index (κ2) is 5.22. The Morgan fingerprint density at radius 1 is 1.38 bits per heavy atom. The zero-order valence-electron chi connectivity index (χ0n) is 11.5. The van der Waals surface area contributed by atoms with Crippen molar-refractivity contribution >= 4 is 32.0 Å². The zero-order valence-corrected chi connectivity index (χ0v) is 13.2. The van der Waals surface area contributed by atoms with Crippen LogP contribution in [0.1, 0.15) is 25.7 Å². The van der Waals surface area contributed by atoms with Crippen LogP contribution >= 0.6 is 11.3 Å². The normalized spacial score (nSPS) is 28.0. The van der Waals surface area contributed by atoms with Gasteiger partial charge in [0, 0.05) is 19.2 Å². The maximum Gasteiger partial charge on any atom is 0.304 e. The van der Waals surface area contributed by atoms with Crippen LogP contribution in [-0.2, 0) is 10.0 Å². The van der Waals surface area contributed by atoms with Gasteiger partial charge in [0.2, 0.25) is 0 Å². The minimum atomic E-state index is -3.69. The summed E-state index contributed by atoms with van der Waals surface area (Å²) in [5, 5.41) is 13.9. The van der Waals surface area contributed by atoms with E-state index in [4.69, 9.17) is 0 Å². The molecule has 0 spiro atoms. The summed E-state index contributed by atoms with van der Waals surface area (Å²) < 4.78 is 27.6. The van der Waals surface area contributed by atoms with Gasteiger partial charge in [0.25, 0.3) is 10.0 Å². The van der Waals surface area contributed by atoms with Crippen molar-refractivity contribution in [2.24, 2.45) is 11.8 Å². The molecule has 116 valence electrons. The highest BCUT2D eigenvalue weighted by Crippen LogP contribution is 2.45. The van der Waals surface area contributed by atoms with Crippen molar-refractivity contribution in [3.8, 4) is 0 Å². The minimum Gasteiger partial charge on any atom is -0.374 e. The van der Waals surface area contributed by atoms with Crippen molar-refractivity contribution in [3.05, 3.63) is 16.2 Å². The van der Waals surface area contributed by atoms with E-state index in [9.17, 15) is 18.5 Å². The van der Waals surface area contributed by atoms with Gasteiger partial charge in [-0.05, 0) is 31.1 Å². The van der Waals surface area contributed by atoms with E-state index in [1.165, 1.54) is 6.42 Å². The van der Waals surface area contributed by atoms with Crippen LogP contribution in [0.5, 0.6) is 0 Å². The van der Waals surface area contributed by atoms with Gasteiger partial charge in [0.15, 0.2) is 5.00 Å². The Bertz CT molecular complexity index is 670. The summed E-state index contributed by atoms with van der Waals surface area (Å²) in [7, 11) is -2.15. The Labute approximate surface area is 126 Å². The summed E-state index contributed by atoms with van der Waals surface area (Å²) in [5.74, 6) is 1.05. The molecule has 2 aliphatic carbocycles. The molecule has 0 amide bonds. The average Bonchev–Trinajstić information content (AvgIpc) is 3.12. The van der Waals surface area contributed by atoms with Crippen LogP contribution in [0, 0.1) is 22.0 Å². The molecule has 1 aromatic heterocycles.